The van der Waals surface area contributed by atoms with E-state index in [9.17, 15) is 18.0 Å². The third-order valence-corrected chi connectivity index (χ3v) is 4.96. The molecule has 0 saturated heterocycles. The number of amides is 1. The van der Waals surface area contributed by atoms with E-state index in [1.807, 2.05) is 0 Å². The fourth-order valence-corrected chi connectivity index (χ4v) is 3.74. The van der Waals surface area contributed by atoms with Crippen LogP contribution in [0, 0.1) is 6.92 Å². The van der Waals surface area contributed by atoms with Gasteiger partial charge in [-0.2, -0.15) is 0 Å². The maximum atomic E-state index is 12.7. The molecule has 0 radical (unpaired) electrons. The van der Waals surface area contributed by atoms with E-state index in [0.717, 1.165) is 0 Å². The van der Waals surface area contributed by atoms with Crippen molar-refractivity contribution < 1.29 is 17.6 Å². The quantitative estimate of drug-likeness (QED) is 0.658. The lowest BCUT2D eigenvalue weighted by Crippen LogP contribution is -2.14. The van der Waals surface area contributed by atoms with Crippen molar-refractivity contribution in [3.8, 4) is 0 Å². The molecule has 130 valence electrons. The van der Waals surface area contributed by atoms with Crippen molar-refractivity contribution in [3.05, 3.63) is 52.5 Å². The second-order valence-corrected chi connectivity index (χ2v) is 7.15. The predicted molar refractivity (Wildman–Crippen MR) is 93.1 cm³/mol. The molecule has 0 spiro atoms. The van der Waals surface area contributed by atoms with Gasteiger partial charge in [0.2, 0.25) is 5.91 Å². The van der Waals surface area contributed by atoms with Gasteiger partial charge in [-0.3, -0.25) is 14.5 Å². The third kappa shape index (κ3) is 3.56. The summed E-state index contributed by atoms with van der Waals surface area (Å²) in [6, 6.07) is 9.15. The van der Waals surface area contributed by atoms with Gasteiger partial charge >= 0.3 is 5.76 Å². The van der Waals surface area contributed by atoms with Crippen LogP contribution in [0.15, 0.2) is 50.5 Å². The largest absolute Gasteiger partial charge is 0.417 e. The molecular formula is C16H15N3O5S. The molecule has 0 aliphatic rings. The highest BCUT2D eigenvalue weighted by atomic mass is 32.2. The maximum Gasteiger partial charge on any atom is 0.417 e. The number of sulfonamides is 1. The molecule has 0 fully saturated rings. The lowest BCUT2D eigenvalue weighted by molar-refractivity contribution is -0.114. The Labute approximate surface area is 142 Å². The minimum atomic E-state index is -3.91. The van der Waals surface area contributed by atoms with E-state index in [1.165, 1.54) is 25.1 Å². The lowest BCUT2D eigenvalue weighted by atomic mass is 10.2. The van der Waals surface area contributed by atoms with Crippen LogP contribution in [-0.4, -0.2) is 19.3 Å². The van der Waals surface area contributed by atoms with Crippen molar-refractivity contribution >= 4 is 38.4 Å². The molecule has 0 atom stereocenters. The minimum Gasteiger partial charge on any atom is -0.408 e. The number of anilines is 2. The Bertz CT molecular complexity index is 1130. The zero-order valence-corrected chi connectivity index (χ0v) is 14.2. The van der Waals surface area contributed by atoms with E-state index >= 15 is 0 Å². The normalized spacial score (nSPS) is 11.4. The van der Waals surface area contributed by atoms with Crippen LogP contribution < -0.4 is 15.8 Å². The molecular weight excluding hydrogens is 346 g/mol. The molecule has 0 aliphatic heterocycles. The second-order valence-electron chi connectivity index (χ2n) is 5.50. The standard InChI is InChI=1S/C16H15N3O5S/c1-9-6-13-14(24-16(21)18-13)8-15(9)25(22,23)19-12-5-3-4-11(7-12)17-10(2)20/h3-8,19H,1-2H3,(H,17,20)(H,18,21). The van der Waals surface area contributed by atoms with Gasteiger partial charge in [0.05, 0.1) is 16.1 Å². The number of carbonyl (C=O) groups is 1. The van der Waals surface area contributed by atoms with Gasteiger partial charge in [0.25, 0.3) is 10.0 Å². The molecule has 3 aromatic rings. The summed E-state index contributed by atoms with van der Waals surface area (Å²) >= 11 is 0. The van der Waals surface area contributed by atoms with Crippen LogP contribution in [0.2, 0.25) is 0 Å². The average Bonchev–Trinajstić information content (AvgIpc) is 2.84. The van der Waals surface area contributed by atoms with Gasteiger partial charge in [-0.05, 0) is 36.8 Å². The van der Waals surface area contributed by atoms with Crippen molar-refractivity contribution in [2.45, 2.75) is 18.7 Å². The van der Waals surface area contributed by atoms with Crippen LogP contribution in [0.4, 0.5) is 11.4 Å². The Balaban J connectivity index is 1.98. The van der Waals surface area contributed by atoms with E-state index < -0.39 is 15.8 Å². The average molecular weight is 361 g/mol. The Hall–Kier alpha value is -3.07. The summed E-state index contributed by atoms with van der Waals surface area (Å²) < 4.78 is 32.7. The molecule has 0 bridgehead atoms. The Kier molecular flexibility index (Phi) is 4.09. The molecule has 1 amide bonds. The molecule has 1 aromatic heterocycles. The van der Waals surface area contributed by atoms with Gasteiger partial charge in [-0.1, -0.05) is 6.07 Å². The minimum absolute atomic E-state index is 0.00678. The van der Waals surface area contributed by atoms with Gasteiger partial charge in [-0.25, -0.2) is 13.2 Å². The number of aromatic nitrogens is 1. The molecule has 3 rings (SSSR count). The van der Waals surface area contributed by atoms with Gasteiger partial charge in [0.15, 0.2) is 5.58 Å². The van der Waals surface area contributed by atoms with Crippen LogP contribution >= 0.6 is 0 Å². The summed E-state index contributed by atoms with van der Waals surface area (Å²) in [5.41, 5.74) is 1.80. The van der Waals surface area contributed by atoms with E-state index in [1.54, 1.807) is 25.1 Å². The molecule has 3 N–H and O–H groups in total. The van der Waals surface area contributed by atoms with Crippen LogP contribution in [0.5, 0.6) is 0 Å². The van der Waals surface area contributed by atoms with E-state index in [4.69, 9.17) is 4.42 Å². The van der Waals surface area contributed by atoms with Crippen molar-refractivity contribution in [2.75, 3.05) is 10.0 Å². The number of hydrogen-bond acceptors (Lipinski definition) is 5. The van der Waals surface area contributed by atoms with Gasteiger partial charge in [0, 0.05) is 18.7 Å². The predicted octanol–water partition coefficient (Wildman–Crippen LogP) is 2.19. The van der Waals surface area contributed by atoms with Crippen molar-refractivity contribution in [1.82, 2.24) is 4.98 Å². The molecule has 8 nitrogen and oxygen atoms in total. The Morgan fingerprint density at radius 3 is 2.60 bits per heavy atom. The summed E-state index contributed by atoms with van der Waals surface area (Å²) in [4.78, 5) is 24.8. The monoisotopic (exact) mass is 361 g/mol. The van der Waals surface area contributed by atoms with Crippen molar-refractivity contribution in [1.29, 1.82) is 0 Å². The number of fused-ring (bicyclic) bond motifs is 1. The fraction of sp³-hybridized carbons (Fsp3) is 0.125. The molecule has 0 unspecified atom stereocenters. The highest BCUT2D eigenvalue weighted by Crippen LogP contribution is 2.24. The highest BCUT2D eigenvalue weighted by molar-refractivity contribution is 7.92. The highest BCUT2D eigenvalue weighted by Gasteiger charge is 2.19. The molecule has 0 aliphatic carbocycles. The number of aryl methyl sites for hydroxylation is 1. The van der Waals surface area contributed by atoms with E-state index in [-0.39, 0.29) is 16.4 Å². The van der Waals surface area contributed by atoms with Crippen molar-refractivity contribution in [2.24, 2.45) is 0 Å². The van der Waals surface area contributed by atoms with Crippen LogP contribution in [0.25, 0.3) is 11.1 Å². The SMILES string of the molecule is CC(=O)Nc1cccc(NS(=O)(=O)c2cc3oc(=O)[nH]c3cc2C)c1. The van der Waals surface area contributed by atoms with E-state index in [2.05, 4.69) is 15.0 Å². The number of carbonyl (C=O) groups excluding carboxylic acids is 1. The number of benzene rings is 2. The Morgan fingerprint density at radius 2 is 1.88 bits per heavy atom. The summed E-state index contributed by atoms with van der Waals surface area (Å²) in [5, 5.41) is 2.58. The van der Waals surface area contributed by atoms with Crippen molar-refractivity contribution in [3.63, 3.8) is 0 Å². The summed E-state index contributed by atoms with van der Waals surface area (Å²) in [7, 11) is -3.91. The summed E-state index contributed by atoms with van der Waals surface area (Å²) in [5.74, 6) is -0.913. The fourth-order valence-electron chi connectivity index (χ4n) is 2.45. The first-order valence-electron chi connectivity index (χ1n) is 7.28. The molecule has 25 heavy (non-hydrogen) atoms. The lowest BCUT2D eigenvalue weighted by Gasteiger charge is -2.11. The maximum absolute atomic E-state index is 12.7. The molecule has 9 heteroatoms. The van der Waals surface area contributed by atoms with E-state index in [0.29, 0.717) is 22.5 Å². The van der Waals surface area contributed by atoms with Gasteiger partial charge < -0.3 is 9.73 Å². The Morgan fingerprint density at radius 1 is 1.16 bits per heavy atom. The van der Waals surface area contributed by atoms with Crippen LogP contribution in [0.1, 0.15) is 12.5 Å². The number of aromatic amines is 1. The number of oxazole rings is 1. The molecule has 2 aromatic carbocycles. The number of nitrogens with one attached hydrogen (secondary N) is 3. The summed E-state index contributed by atoms with van der Waals surface area (Å²) in [6.45, 7) is 2.98. The topological polar surface area (TPSA) is 121 Å². The molecule has 1 heterocycles. The molecule has 0 saturated carbocycles. The number of hydrogen-bond donors (Lipinski definition) is 3. The van der Waals surface area contributed by atoms with Crippen LogP contribution in [-0.2, 0) is 14.8 Å². The number of rotatable bonds is 4. The first kappa shape index (κ1) is 16.8. The second kappa shape index (κ2) is 6.10. The van der Waals surface area contributed by atoms with Gasteiger partial charge in [0.1, 0.15) is 0 Å². The van der Waals surface area contributed by atoms with Gasteiger partial charge in [-0.15, -0.1) is 0 Å². The summed E-state index contributed by atoms with van der Waals surface area (Å²) in [6.07, 6.45) is 0. The van der Waals surface area contributed by atoms with Crippen LogP contribution in [0.3, 0.4) is 0 Å². The smallest absolute Gasteiger partial charge is 0.408 e. The zero-order chi connectivity index (χ0) is 18.2. The third-order valence-electron chi connectivity index (χ3n) is 3.44. The first-order chi connectivity index (χ1) is 11.7. The first-order valence-corrected chi connectivity index (χ1v) is 8.77. The zero-order valence-electron chi connectivity index (χ0n) is 13.4. The number of H-pyrrole nitrogens is 1.